The van der Waals surface area contributed by atoms with E-state index in [0.717, 1.165) is 27.2 Å². The summed E-state index contributed by atoms with van der Waals surface area (Å²) in [6.07, 6.45) is 1.10. The summed E-state index contributed by atoms with van der Waals surface area (Å²) in [6.45, 7) is 5.48. The number of amides is 1. The van der Waals surface area contributed by atoms with Gasteiger partial charge in [-0.05, 0) is 36.6 Å². The number of nitrogens with zero attached hydrogens (tertiary/aromatic N) is 2. The summed E-state index contributed by atoms with van der Waals surface area (Å²) in [5, 5.41) is 2.95. The minimum atomic E-state index is -3.63. The number of imidazole rings is 1. The molecule has 0 bridgehead atoms. The first-order valence-electron chi connectivity index (χ1n) is 9.44. The number of fused-ring (bicyclic) bond motifs is 1. The predicted molar refractivity (Wildman–Crippen MR) is 115 cm³/mol. The van der Waals surface area contributed by atoms with Crippen LogP contribution in [0.1, 0.15) is 31.3 Å². The molecule has 2 aromatic carbocycles. The third-order valence-electron chi connectivity index (χ3n) is 4.76. The lowest BCUT2D eigenvalue weighted by molar-refractivity contribution is -0.120. The van der Waals surface area contributed by atoms with Crippen molar-refractivity contribution in [3.05, 3.63) is 59.9 Å². The number of hydrogen-bond donors (Lipinski definition) is 2. The Balaban J connectivity index is 1.84. The summed E-state index contributed by atoms with van der Waals surface area (Å²) in [6, 6.07) is 14.4. The van der Waals surface area contributed by atoms with E-state index in [0.29, 0.717) is 11.5 Å². The van der Waals surface area contributed by atoms with Gasteiger partial charge in [-0.1, -0.05) is 44.2 Å². The summed E-state index contributed by atoms with van der Waals surface area (Å²) in [5.74, 6) is 0.318. The van der Waals surface area contributed by atoms with Crippen LogP contribution in [0, 0.1) is 12.8 Å². The Labute approximate surface area is 171 Å². The summed E-state index contributed by atoms with van der Waals surface area (Å²) < 4.78 is 25.8. The minimum Gasteiger partial charge on any atom is -0.344 e. The molecule has 8 heteroatoms. The smallest absolute Gasteiger partial charge is 0.241 e. The Bertz CT molecular complexity index is 1090. The Morgan fingerprint density at radius 3 is 2.41 bits per heavy atom. The van der Waals surface area contributed by atoms with Crippen LogP contribution in [0.4, 0.5) is 5.69 Å². The Hall–Kier alpha value is -2.87. The van der Waals surface area contributed by atoms with Gasteiger partial charge < -0.3 is 10.3 Å². The quantitative estimate of drug-likeness (QED) is 0.621. The van der Waals surface area contributed by atoms with Crippen molar-refractivity contribution in [3.63, 3.8) is 0 Å². The van der Waals surface area contributed by atoms with Crippen molar-refractivity contribution < 1.29 is 13.2 Å². The van der Waals surface area contributed by atoms with Gasteiger partial charge in [0.25, 0.3) is 0 Å². The predicted octanol–water partition coefficient (Wildman–Crippen LogP) is 3.15. The van der Waals surface area contributed by atoms with E-state index < -0.39 is 15.9 Å². The number of carbonyl (C=O) groups is 1. The van der Waals surface area contributed by atoms with E-state index in [1.165, 1.54) is 0 Å². The van der Waals surface area contributed by atoms with Gasteiger partial charge in [-0.15, -0.1) is 0 Å². The maximum atomic E-state index is 12.8. The van der Waals surface area contributed by atoms with Crippen molar-refractivity contribution in [1.29, 1.82) is 0 Å². The highest BCUT2D eigenvalue weighted by molar-refractivity contribution is 7.92. The van der Waals surface area contributed by atoms with Crippen LogP contribution in [0.5, 0.6) is 0 Å². The maximum Gasteiger partial charge on any atom is 0.241 e. The molecule has 0 saturated carbocycles. The number of carbonyl (C=O) groups excluding carboxylic acids is 1. The molecule has 1 aromatic heterocycles. The molecule has 0 spiro atoms. The molecule has 0 fully saturated rings. The third-order valence-corrected chi connectivity index (χ3v) is 5.88. The number of nitrogens with one attached hydrogen (secondary N) is 2. The SMILES string of the molecule is Cc1ccccc1N(CC(=O)NC(c1nc2ccccc2[nH]1)C(C)C)S(C)(=O)=O. The number of aromatic amines is 1. The molecule has 1 heterocycles. The van der Waals surface area contributed by atoms with Gasteiger partial charge in [-0.25, -0.2) is 13.4 Å². The number of hydrogen-bond acceptors (Lipinski definition) is 4. The van der Waals surface area contributed by atoms with E-state index in [2.05, 4.69) is 15.3 Å². The number of aryl methyl sites for hydroxylation is 1. The van der Waals surface area contributed by atoms with Crippen LogP contribution in [0.25, 0.3) is 11.0 Å². The number of anilines is 1. The number of rotatable bonds is 7. The zero-order valence-corrected chi connectivity index (χ0v) is 17.8. The lowest BCUT2D eigenvalue weighted by atomic mass is 10.0. The van der Waals surface area contributed by atoms with Crippen LogP contribution in [0.15, 0.2) is 48.5 Å². The van der Waals surface area contributed by atoms with Crippen LogP contribution in [-0.2, 0) is 14.8 Å². The van der Waals surface area contributed by atoms with Crippen LogP contribution in [-0.4, -0.2) is 37.1 Å². The van der Waals surface area contributed by atoms with Crippen molar-refractivity contribution in [2.24, 2.45) is 5.92 Å². The normalized spacial score (nSPS) is 12.9. The lowest BCUT2D eigenvalue weighted by Crippen LogP contribution is -2.43. The van der Waals surface area contributed by atoms with E-state index >= 15 is 0 Å². The standard InChI is InChI=1S/C21H26N4O3S/c1-14(2)20(21-22-16-10-6-7-11-17(16)23-21)24-19(26)13-25(29(4,27)28)18-12-8-5-9-15(18)3/h5-12,14,20H,13H2,1-4H3,(H,22,23)(H,24,26). The van der Waals surface area contributed by atoms with Gasteiger partial charge in [-0.2, -0.15) is 0 Å². The Kier molecular flexibility index (Phi) is 5.93. The van der Waals surface area contributed by atoms with Gasteiger partial charge in [0.15, 0.2) is 0 Å². The second-order valence-corrected chi connectivity index (χ2v) is 9.39. The fourth-order valence-corrected chi connectivity index (χ4v) is 4.16. The molecule has 0 aliphatic carbocycles. The first kappa shape index (κ1) is 20.9. The molecule has 154 valence electrons. The second kappa shape index (κ2) is 8.24. The van der Waals surface area contributed by atoms with Crippen molar-refractivity contribution in [2.45, 2.75) is 26.8 Å². The van der Waals surface area contributed by atoms with Crippen molar-refractivity contribution in [2.75, 3.05) is 17.1 Å². The summed E-state index contributed by atoms with van der Waals surface area (Å²) in [5.41, 5.74) is 2.98. The molecule has 3 aromatic rings. The average Bonchev–Trinajstić information content (AvgIpc) is 3.07. The highest BCUT2D eigenvalue weighted by Gasteiger charge is 2.26. The van der Waals surface area contributed by atoms with Crippen LogP contribution >= 0.6 is 0 Å². The molecule has 1 atom stereocenters. The molecule has 2 N–H and O–H groups in total. The number of sulfonamides is 1. The second-order valence-electron chi connectivity index (χ2n) is 7.48. The first-order valence-corrected chi connectivity index (χ1v) is 11.3. The molecule has 0 saturated heterocycles. The van der Waals surface area contributed by atoms with Gasteiger partial charge >= 0.3 is 0 Å². The fraction of sp³-hybridized carbons (Fsp3) is 0.333. The Morgan fingerprint density at radius 1 is 1.14 bits per heavy atom. The van der Waals surface area contributed by atoms with Crippen LogP contribution in [0.3, 0.4) is 0 Å². The lowest BCUT2D eigenvalue weighted by Gasteiger charge is -2.26. The monoisotopic (exact) mass is 414 g/mol. The molecular formula is C21H26N4O3S. The number of H-pyrrole nitrogens is 1. The van der Waals surface area contributed by atoms with Gasteiger partial charge in [0.05, 0.1) is 29.0 Å². The molecule has 1 amide bonds. The van der Waals surface area contributed by atoms with Gasteiger partial charge in [0, 0.05) is 0 Å². The molecule has 0 aliphatic rings. The van der Waals surface area contributed by atoms with Gasteiger partial charge in [0.2, 0.25) is 15.9 Å². The summed E-state index contributed by atoms with van der Waals surface area (Å²) in [4.78, 5) is 20.7. The topological polar surface area (TPSA) is 95.2 Å². The van der Waals surface area contributed by atoms with Crippen LogP contribution < -0.4 is 9.62 Å². The molecule has 1 unspecified atom stereocenters. The number of benzene rings is 2. The van der Waals surface area contributed by atoms with E-state index in [9.17, 15) is 13.2 Å². The van der Waals surface area contributed by atoms with E-state index in [4.69, 9.17) is 0 Å². The highest BCUT2D eigenvalue weighted by atomic mass is 32.2. The average molecular weight is 415 g/mol. The van der Waals surface area contributed by atoms with E-state index in [1.807, 2.05) is 57.2 Å². The van der Waals surface area contributed by atoms with E-state index in [1.54, 1.807) is 12.1 Å². The van der Waals surface area contributed by atoms with Crippen molar-refractivity contribution >= 4 is 32.7 Å². The fourth-order valence-electron chi connectivity index (χ4n) is 3.24. The molecule has 7 nitrogen and oxygen atoms in total. The molecule has 0 aliphatic heterocycles. The molecule has 3 rings (SSSR count). The first-order chi connectivity index (χ1) is 13.7. The zero-order valence-electron chi connectivity index (χ0n) is 17.0. The summed E-state index contributed by atoms with van der Waals surface area (Å²) in [7, 11) is -3.63. The summed E-state index contributed by atoms with van der Waals surface area (Å²) >= 11 is 0. The minimum absolute atomic E-state index is 0.0599. The van der Waals surface area contributed by atoms with Gasteiger partial charge in [-0.3, -0.25) is 9.10 Å². The molecular weight excluding hydrogens is 388 g/mol. The maximum absolute atomic E-state index is 12.8. The van der Waals surface area contributed by atoms with E-state index in [-0.39, 0.29) is 18.5 Å². The molecule has 0 radical (unpaired) electrons. The van der Waals surface area contributed by atoms with Crippen LogP contribution in [0.2, 0.25) is 0 Å². The highest BCUT2D eigenvalue weighted by Crippen LogP contribution is 2.24. The zero-order chi connectivity index (χ0) is 21.2. The number of para-hydroxylation sites is 3. The van der Waals surface area contributed by atoms with Crippen molar-refractivity contribution in [1.82, 2.24) is 15.3 Å². The Morgan fingerprint density at radius 2 is 1.79 bits per heavy atom. The van der Waals surface area contributed by atoms with Gasteiger partial charge in [0.1, 0.15) is 12.4 Å². The van der Waals surface area contributed by atoms with Crippen molar-refractivity contribution in [3.8, 4) is 0 Å². The number of aromatic nitrogens is 2. The third kappa shape index (κ3) is 4.76. The molecule has 29 heavy (non-hydrogen) atoms. The largest absolute Gasteiger partial charge is 0.344 e.